The normalized spacial score (nSPS) is 10.9. The van der Waals surface area contributed by atoms with E-state index in [1.54, 1.807) is 30.3 Å². The molecule has 116 valence electrons. The van der Waals surface area contributed by atoms with Crippen LogP contribution in [0.5, 0.6) is 0 Å². The van der Waals surface area contributed by atoms with Gasteiger partial charge in [-0.25, -0.2) is 14.8 Å². The summed E-state index contributed by atoms with van der Waals surface area (Å²) in [7, 11) is 0. The van der Waals surface area contributed by atoms with E-state index in [0.717, 1.165) is 29.5 Å². The number of aromatic nitrogens is 2. The van der Waals surface area contributed by atoms with Crippen molar-refractivity contribution in [1.82, 2.24) is 9.97 Å². The molecule has 5 heteroatoms. The monoisotopic (exact) mass is 326 g/mol. The first kappa shape index (κ1) is 15.4. The summed E-state index contributed by atoms with van der Waals surface area (Å²) in [5.41, 5.74) is 2.66. The molecule has 4 nitrogen and oxygen atoms in total. The van der Waals surface area contributed by atoms with E-state index >= 15 is 0 Å². The minimum atomic E-state index is -0.962. The molecule has 1 heterocycles. The highest BCUT2D eigenvalue weighted by atomic mass is 35.5. The zero-order valence-electron chi connectivity index (χ0n) is 12.6. The molecule has 0 unspecified atom stereocenters. The summed E-state index contributed by atoms with van der Waals surface area (Å²) in [6, 6.07) is 12.3. The summed E-state index contributed by atoms with van der Waals surface area (Å²) in [6.07, 6.45) is 1.76. The number of halogens is 1. The van der Waals surface area contributed by atoms with Gasteiger partial charge in [-0.15, -0.1) is 0 Å². The first-order valence-electron chi connectivity index (χ1n) is 7.38. The van der Waals surface area contributed by atoms with Gasteiger partial charge in [-0.1, -0.05) is 31.0 Å². The third kappa shape index (κ3) is 3.17. The molecule has 1 aromatic heterocycles. The Morgan fingerprint density at radius 3 is 2.52 bits per heavy atom. The second-order valence-corrected chi connectivity index (χ2v) is 5.72. The van der Waals surface area contributed by atoms with Crippen molar-refractivity contribution in [2.45, 2.75) is 19.8 Å². The molecule has 0 fully saturated rings. The van der Waals surface area contributed by atoms with E-state index in [1.165, 1.54) is 0 Å². The zero-order valence-corrected chi connectivity index (χ0v) is 13.3. The Morgan fingerprint density at radius 2 is 1.87 bits per heavy atom. The Labute approximate surface area is 138 Å². The van der Waals surface area contributed by atoms with Crippen molar-refractivity contribution in [3.8, 4) is 11.4 Å². The van der Waals surface area contributed by atoms with E-state index < -0.39 is 5.97 Å². The van der Waals surface area contributed by atoms with Crippen LogP contribution in [0.15, 0.2) is 42.5 Å². The molecule has 0 radical (unpaired) electrons. The van der Waals surface area contributed by atoms with E-state index in [4.69, 9.17) is 11.6 Å². The molecule has 0 aliphatic carbocycles. The van der Waals surface area contributed by atoms with E-state index in [0.29, 0.717) is 16.4 Å². The second-order valence-electron chi connectivity index (χ2n) is 5.29. The SMILES string of the molecule is CCCc1nc(-c2ccc(Cl)cc2)nc2cc(C(=O)O)ccc12. The Balaban J connectivity index is 2.21. The number of carboxylic acid groups (broad SMARTS) is 1. The first-order chi connectivity index (χ1) is 11.1. The van der Waals surface area contributed by atoms with Gasteiger partial charge in [-0.3, -0.25) is 0 Å². The van der Waals surface area contributed by atoms with Crippen LogP contribution in [0.25, 0.3) is 22.3 Å². The molecular weight excluding hydrogens is 312 g/mol. The van der Waals surface area contributed by atoms with Crippen molar-refractivity contribution < 1.29 is 9.90 Å². The summed E-state index contributed by atoms with van der Waals surface area (Å²) < 4.78 is 0. The summed E-state index contributed by atoms with van der Waals surface area (Å²) in [4.78, 5) is 20.4. The lowest BCUT2D eigenvalue weighted by Crippen LogP contribution is -2.01. The molecule has 23 heavy (non-hydrogen) atoms. The van der Waals surface area contributed by atoms with E-state index in [9.17, 15) is 9.90 Å². The van der Waals surface area contributed by atoms with Crippen molar-refractivity contribution >= 4 is 28.5 Å². The fraction of sp³-hybridized carbons (Fsp3) is 0.167. The number of hydrogen-bond acceptors (Lipinski definition) is 3. The van der Waals surface area contributed by atoms with Gasteiger partial charge in [0.05, 0.1) is 16.8 Å². The maximum Gasteiger partial charge on any atom is 0.335 e. The maximum atomic E-state index is 11.2. The fourth-order valence-corrected chi connectivity index (χ4v) is 2.61. The Morgan fingerprint density at radius 1 is 1.13 bits per heavy atom. The third-order valence-corrected chi connectivity index (χ3v) is 3.86. The second kappa shape index (κ2) is 6.34. The smallest absolute Gasteiger partial charge is 0.335 e. The van der Waals surface area contributed by atoms with E-state index in [-0.39, 0.29) is 5.56 Å². The Bertz CT molecular complexity index is 876. The van der Waals surface area contributed by atoms with E-state index in [2.05, 4.69) is 16.9 Å². The standard InChI is InChI=1S/C18H15ClN2O2/c1-2-3-15-14-9-6-12(18(22)23)10-16(14)21-17(20-15)11-4-7-13(19)8-5-11/h4-10H,2-3H2,1H3,(H,22,23). The highest BCUT2D eigenvalue weighted by Gasteiger charge is 2.11. The molecule has 0 saturated heterocycles. The number of aromatic carboxylic acids is 1. The molecule has 0 amide bonds. The van der Waals surface area contributed by atoms with Crippen molar-refractivity contribution in [2.75, 3.05) is 0 Å². The molecule has 0 bridgehead atoms. The molecule has 1 N–H and O–H groups in total. The number of rotatable bonds is 4. The molecule has 3 aromatic rings. The molecule has 3 rings (SSSR count). The zero-order chi connectivity index (χ0) is 16.4. The minimum Gasteiger partial charge on any atom is -0.478 e. The van der Waals surface area contributed by atoms with Crippen molar-refractivity contribution in [3.05, 3.63) is 58.7 Å². The number of carboxylic acids is 1. The number of carbonyl (C=O) groups is 1. The number of fused-ring (bicyclic) bond motifs is 1. The van der Waals surface area contributed by atoms with Crippen molar-refractivity contribution in [2.24, 2.45) is 0 Å². The van der Waals surface area contributed by atoms with Gasteiger partial charge >= 0.3 is 5.97 Å². The molecular formula is C18H15ClN2O2. The molecule has 0 aliphatic rings. The summed E-state index contributed by atoms with van der Waals surface area (Å²) in [6.45, 7) is 2.08. The lowest BCUT2D eigenvalue weighted by Gasteiger charge is -2.09. The number of aryl methyl sites for hydroxylation is 1. The summed E-state index contributed by atoms with van der Waals surface area (Å²) >= 11 is 5.92. The highest BCUT2D eigenvalue weighted by Crippen LogP contribution is 2.24. The quantitative estimate of drug-likeness (QED) is 0.761. The average Bonchev–Trinajstić information content (AvgIpc) is 2.55. The van der Waals surface area contributed by atoms with Gasteiger partial charge in [-0.2, -0.15) is 0 Å². The van der Waals surface area contributed by atoms with Gasteiger partial charge < -0.3 is 5.11 Å². The van der Waals surface area contributed by atoms with Crippen LogP contribution < -0.4 is 0 Å². The van der Waals surface area contributed by atoms with Crippen LogP contribution in [0.1, 0.15) is 29.4 Å². The predicted molar refractivity (Wildman–Crippen MR) is 90.9 cm³/mol. The van der Waals surface area contributed by atoms with Crippen LogP contribution in [0, 0.1) is 0 Å². The van der Waals surface area contributed by atoms with Gasteiger partial charge in [0.25, 0.3) is 0 Å². The first-order valence-corrected chi connectivity index (χ1v) is 7.76. The van der Waals surface area contributed by atoms with Crippen LogP contribution in [0.4, 0.5) is 0 Å². The van der Waals surface area contributed by atoms with Crippen molar-refractivity contribution in [1.29, 1.82) is 0 Å². The molecule has 0 saturated carbocycles. The number of nitrogens with zero attached hydrogens (tertiary/aromatic N) is 2. The summed E-state index contributed by atoms with van der Waals surface area (Å²) in [5, 5.41) is 10.7. The van der Waals surface area contributed by atoms with Gasteiger partial charge in [-0.05, 0) is 42.8 Å². The predicted octanol–water partition coefficient (Wildman–Crippen LogP) is 4.60. The molecule has 0 atom stereocenters. The van der Waals surface area contributed by atoms with Crippen LogP contribution >= 0.6 is 11.6 Å². The lowest BCUT2D eigenvalue weighted by molar-refractivity contribution is 0.0697. The maximum absolute atomic E-state index is 11.2. The largest absolute Gasteiger partial charge is 0.478 e. The highest BCUT2D eigenvalue weighted by molar-refractivity contribution is 6.30. The van der Waals surface area contributed by atoms with Gasteiger partial charge in [0.1, 0.15) is 0 Å². The average molecular weight is 327 g/mol. The van der Waals surface area contributed by atoms with Crippen LogP contribution in [0.3, 0.4) is 0 Å². The van der Waals surface area contributed by atoms with Crippen molar-refractivity contribution in [3.63, 3.8) is 0 Å². The minimum absolute atomic E-state index is 0.223. The third-order valence-electron chi connectivity index (χ3n) is 3.61. The fourth-order valence-electron chi connectivity index (χ4n) is 2.48. The summed E-state index contributed by atoms with van der Waals surface area (Å²) in [5.74, 6) is -0.379. The topological polar surface area (TPSA) is 63.1 Å². The van der Waals surface area contributed by atoms with Gasteiger partial charge in [0.2, 0.25) is 0 Å². The van der Waals surface area contributed by atoms with Gasteiger partial charge in [0, 0.05) is 16.0 Å². The molecule has 0 aliphatic heterocycles. The lowest BCUT2D eigenvalue weighted by atomic mass is 10.1. The van der Waals surface area contributed by atoms with Crippen LogP contribution in [0.2, 0.25) is 5.02 Å². The van der Waals surface area contributed by atoms with Crippen LogP contribution in [-0.2, 0) is 6.42 Å². The number of benzene rings is 2. The van der Waals surface area contributed by atoms with Gasteiger partial charge in [0.15, 0.2) is 5.82 Å². The molecule has 2 aromatic carbocycles. The number of hydrogen-bond donors (Lipinski definition) is 1. The molecule has 0 spiro atoms. The van der Waals surface area contributed by atoms with Crippen LogP contribution in [-0.4, -0.2) is 21.0 Å². The Hall–Kier alpha value is -2.46. The van der Waals surface area contributed by atoms with E-state index in [1.807, 2.05) is 12.1 Å². The Kier molecular flexibility index (Phi) is 4.26.